The molecule has 0 amide bonds. The van der Waals surface area contributed by atoms with Crippen molar-refractivity contribution in [1.29, 1.82) is 0 Å². The number of hydrogen-bond donors (Lipinski definition) is 5. The molecular weight excluding hydrogens is 612 g/mol. The van der Waals surface area contributed by atoms with Gasteiger partial charge in [0.2, 0.25) is 0 Å². The van der Waals surface area contributed by atoms with Crippen molar-refractivity contribution in [2.24, 2.45) is 0 Å². The van der Waals surface area contributed by atoms with Crippen LogP contribution in [-0.2, 0) is 10.8 Å². The molecule has 0 radical (unpaired) electrons. The number of aromatic nitrogens is 8. The molecule has 0 fully saturated rings. The predicted molar refractivity (Wildman–Crippen MR) is 184 cm³/mol. The number of hydrogen-bond acceptors (Lipinski definition) is 9. The molecule has 0 aliphatic heterocycles. The first-order valence-electron chi connectivity index (χ1n) is 15.4. The number of nitrogens with two attached hydrogens (primary N) is 1. The largest absolute Gasteiger partial charge is 0.369 e. The van der Waals surface area contributed by atoms with Gasteiger partial charge in [-0.05, 0) is 66.6 Å². The lowest BCUT2D eigenvalue weighted by Crippen LogP contribution is -2.28. The third-order valence-corrected chi connectivity index (χ3v) is 7.85. The third kappa shape index (κ3) is 8.75. The fraction of sp³-hybridized carbons (Fsp3) is 0.257. The number of halogens is 2. The number of nitrogen functional groups attached to an aromatic ring is 1. The first-order chi connectivity index (χ1) is 22.9. The van der Waals surface area contributed by atoms with Crippen LogP contribution in [0.25, 0.3) is 22.8 Å². The van der Waals surface area contributed by atoms with E-state index in [4.69, 9.17) is 5.73 Å². The summed E-state index contributed by atoms with van der Waals surface area (Å²) in [6.07, 6.45) is 3.36. The van der Waals surface area contributed by atoms with E-state index in [2.05, 4.69) is 78.7 Å². The van der Waals surface area contributed by atoms with Crippen LogP contribution >= 0.6 is 0 Å². The molecule has 0 unspecified atom stereocenters. The molecule has 0 aliphatic rings. The predicted octanol–water partition coefficient (Wildman–Crippen LogP) is 6.68. The second kappa shape index (κ2) is 14.4. The van der Waals surface area contributed by atoms with Gasteiger partial charge in [0.1, 0.15) is 40.5 Å². The summed E-state index contributed by atoms with van der Waals surface area (Å²) in [5, 5.41) is 23.3. The fourth-order valence-corrected chi connectivity index (χ4v) is 4.79. The molecule has 0 atom stereocenters. The number of nitrogens with zero attached hydrogens (tertiary/aromatic N) is 6. The first kappa shape index (κ1) is 33.6. The normalized spacial score (nSPS) is 11.5. The minimum absolute atomic E-state index is 0.158. The van der Waals surface area contributed by atoms with Gasteiger partial charge in [-0.2, -0.15) is 0 Å². The van der Waals surface area contributed by atoms with Crippen LogP contribution in [0.2, 0.25) is 0 Å². The Hall–Kier alpha value is -5.72. The number of imidazole rings is 2. The van der Waals surface area contributed by atoms with Gasteiger partial charge in [0.15, 0.2) is 5.95 Å². The monoisotopic (exact) mass is 651 g/mol. The maximum Gasteiger partial charge on any atom is 0.197 e. The van der Waals surface area contributed by atoms with E-state index in [1.54, 1.807) is 24.5 Å². The van der Waals surface area contributed by atoms with Gasteiger partial charge in [-0.25, -0.2) is 18.7 Å². The van der Waals surface area contributed by atoms with Crippen molar-refractivity contribution in [3.05, 3.63) is 114 Å². The Balaban J connectivity index is 0.000000188. The van der Waals surface area contributed by atoms with E-state index in [9.17, 15) is 8.78 Å². The zero-order valence-electron chi connectivity index (χ0n) is 27.5. The SMILES string of the molecule is CC(C)(CNc1ccc(-c2cnc(N)[nH]2)nn1)c1ccc(F)cc1.Cc1ncc(-c2ccc(NCC(C)(C)c3ccc(F)cc3)nn2)[nH]1. The van der Waals surface area contributed by atoms with Gasteiger partial charge in [-0.3, -0.25) is 0 Å². The molecule has 0 saturated carbocycles. The van der Waals surface area contributed by atoms with Crippen molar-refractivity contribution in [3.8, 4) is 22.8 Å². The number of nitrogens with one attached hydrogen (secondary N) is 4. The highest BCUT2D eigenvalue weighted by molar-refractivity contribution is 5.56. The molecule has 2 aromatic carbocycles. The fourth-order valence-electron chi connectivity index (χ4n) is 4.79. The molecule has 248 valence electrons. The molecule has 0 saturated heterocycles. The molecule has 6 N–H and O–H groups in total. The summed E-state index contributed by atoms with van der Waals surface area (Å²) in [5.74, 6) is 2.10. The van der Waals surface area contributed by atoms with E-state index < -0.39 is 0 Å². The molecular formula is C35H39F2N11. The van der Waals surface area contributed by atoms with Crippen LogP contribution in [-0.4, -0.2) is 53.4 Å². The van der Waals surface area contributed by atoms with E-state index >= 15 is 0 Å². The Morgan fingerprint density at radius 3 is 1.40 bits per heavy atom. The Morgan fingerprint density at radius 2 is 1.04 bits per heavy atom. The smallest absolute Gasteiger partial charge is 0.197 e. The topological polar surface area (TPSA) is 159 Å². The van der Waals surface area contributed by atoms with Gasteiger partial charge in [0.05, 0.1) is 23.8 Å². The first-order valence-corrected chi connectivity index (χ1v) is 15.4. The zero-order chi connectivity index (χ0) is 34.3. The summed E-state index contributed by atoms with van der Waals surface area (Å²) >= 11 is 0. The van der Waals surface area contributed by atoms with Gasteiger partial charge >= 0.3 is 0 Å². The van der Waals surface area contributed by atoms with Gasteiger partial charge in [0.25, 0.3) is 0 Å². The average molecular weight is 652 g/mol. The van der Waals surface area contributed by atoms with Gasteiger partial charge in [0, 0.05) is 23.9 Å². The van der Waals surface area contributed by atoms with Gasteiger partial charge in [-0.15, -0.1) is 20.4 Å². The van der Waals surface area contributed by atoms with Crippen molar-refractivity contribution >= 4 is 17.6 Å². The summed E-state index contributed by atoms with van der Waals surface area (Å²) in [6.45, 7) is 11.6. The second-order valence-electron chi connectivity index (χ2n) is 12.7. The Morgan fingerprint density at radius 1 is 0.604 bits per heavy atom. The molecule has 0 spiro atoms. The zero-order valence-corrected chi connectivity index (χ0v) is 27.5. The summed E-state index contributed by atoms with van der Waals surface area (Å²) < 4.78 is 26.1. The number of H-pyrrole nitrogens is 2. The number of rotatable bonds is 10. The van der Waals surface area contributed by atoms with E-state index in [1.807, 2.05) is 43.3 Å². The molecule has 4 aromatic heterocycles. The Labute approximate surface area is 277 Å². The molecule has 13 heteroatoms. The standard InChI is InChI=1S/C18H20FN5.C17H19FN6/c1-12-20-10-16(22-12)15-8-9-17(24-23-15)21-11-18(2,3)13-4-6-14(19)7-5-13;1-17(2,11-3-5-12(18)6-4-11)10-21-15-8-7-13(23-24-15)14-9-20-16(19)22-14/h4-10H,11H2,1-3H3,(H,20,22)(H,21,24);3-9H,10H2,1-2H3,(H,21,24)(H3,19,20,22). The van der Waals surface area contributed by atoms with Gasteiger partial charge in [-0.1, -0.05) is 52.0 Å². The van der Waals surface area contributed by atoms with Crippen LogP contribution in [0, 0.1) is 18.6 Å². The highest BCUT2D eigenvalue weighted by atomic mass is 19.1. The van der Waals surface area contributed by atoms with Crippen LogP contribution in [0.5, 0.6) is 0 Å². The van der Waals surface area contributed by atoms with Crippen LogP contribution in [0.4, 0.5) is 26.4 Å². The lowest BCUT2D eigenvalue weighted by atomic mass is 9.84. The number of aryl methyl sites for hydroxylation is 1. The quantitative estimate of drug-likeness (QED) is 0.109. The molecule has 4 heterocycles. The van der Waals surface area contributed by atoms with Crippen molar-refractivity contribution in [1.82, 2.24) is 40.3 Å². The third-order valence-electron chi connectivity index (χ3n) is 7.85. The van der Waals surface area contributed by atoms with Crippen LogP contribution in [0.15, 0.2) is 85.2 Å². The van der Waals surface area contributed by atoms with Crippen LogP contribution in [0.3, 0.4) is 0 Å². The second-order valence-corrected chi connectivity index (χ2v) is 12.7. The van der Waals surface area contributed by atoms with Crippen molar-refractivity contribution in [2.75, 3.05) is 29.5 Å². The molecule has 0 aliphatic carbocycles. The Bertz CT molecular complexity index is 1760. The number of benzene rings is 2. The van der Waals surface area contributed by atoms with Crippen LogP contribution in [0.1, 0.15) is 44.6 Å². The lowest BCUT2D eigenvalue weighted by Gasteiger charge is -2.25. The van der Waals surface area contributed by atoms with E-state index in [0.29, 0.717) is 36.4 Å². The molecule has 6 aromatic rings. The van der Waals surface area contributed by atoms with E-state index in [0.717, 1.165) is 34.0 Å². The summed E-state index contributed by atoms with van der Waals surface area (Å²) in [7, 11) is 0. The number of anilines is 3. The minimum atomic E-state index is -0.233. The van der Waals surface area contributed by atoms with Crippen LogP contribution < -0.4 is 16.4 Å². The molecule has 0 bridgehead atoms. The van der Waals surface area contributed by atoms with E-state index in [-0.39, 0.29) is 22.5 Å². The van der Waals surface area contributed by atoms with Crippen molar-refractivity contribution in [2.45, 2.75) is 45.4 Å². The average Bonchev–Trinajstić information content (AvgIpc) is 3.72. The van der Waals surface area contributed by atoms with Crippen molar-refractivity contribution in [3.63, 3.8) is 0 Å². The summed E-state index contributed by atoms with van der Waals surface area (Å²) in [5.41, 5.74) is 10.3. The maximum absolute atomic E-state index is 13.1. The highest BCUT2D eigenvalue weighted by Crippen LogP contribution is 2.25. The van der Waals surface area contributed by atoms with E-state index in [1.165, 1.54) is 24.3 Å². The molecule has 48 heavy (non-hydrogen) atoms. The molecule has 6 rings (SSSR count). The highest BCUT2D eigenvalue weighted by Gasteiger charge is 2.22. The maximum atomic E-state index is 13.1. The molecule has 11 nitrogen and oxygen atoms in total. The minimum Gasteiger partial charge on any atom is -0.369 e. The van der Waals surface area contributed by atoms with Gasteiger partial charge < -0.3 is 26.3 Å². The number of aromatic amines is 2. The summed E-state index contributed by atoms with van der Waals surface area (Å²) in [4.78, 5) is 14.1. The van der Waals surface area contributed by atoms with Crippen molar-refractivity contribution < 1.29 is 8.78 Å². The summed E-state index contributed by atoms with van der Waals surface area (Å²) in [6, 6.07) is 20.6. The Kier molecular flexibility index (Phi) is 10.1. The lowest BCUT2D eigenvalue weighted by molar-refractivity contribution is 0.551.